The number of tetrazole rings is 1. The van der Waals surface area contributed by atoms with Gasteiger partial charge in [0, 0.05) is 45.1 Å². The molecule has 0 spiro atoms. The monoisotopic (exact) mass is 538 g/mol. The fourth-order valence-corrected chi connectivity index (χ4v) is 6.01. The van der Waals surface area contributed by atoms with Gasteiger partial charge in [-0.15, -0.1) is 16.4 Å². The maximum Gasteiger partial charge on any atom is 0.345 e. The van der Waals surface area contributed by atoms with Crippen LogP contribution in [0.3, 0.4) is 0 Å². The molecule has 6 rings (SSSR count). The molecular weight excluding hydrogens is 523 g/mol. The van der Waals surface area contributed by atoms with E-state index in [2.05, 4.69) is 20.5 Å². The molecule has 0 fully saturated rings. The second kappa shape index (κ2) is 8.81. The van der Waals surface area contributed by atoms with E-state index in [4.69, 9.17) is 23.2 Å². The number of carbonyl (C=O) groups is 1. The molecule has 4 aromatic rings. The minimum atomic E-state index is -0.948. The molecule has 0 bridgehead atoms. The van der Waals surface area contributed by atoms with Crippen LogP contribution in [-0.2, 0) is 6.42 Å². The lowest BCUT2D eigenvalue weighted by atomic mass is 10.0. The van der Waals surface area contributed by atoms with Gasteiger partial charge in [0.1, 0.15) is 16.2 Å². The maximum atomic E-state index is 13.6. The van der Waals surface area contributed by atoms with Gasteiger partial charge >= 0.3 is 5.97 Å². The summed E-state index contributed by atoms with van der Waals surface area (Å²) >= 11 is 14.2. The quantitative estimate of drug-likeness (QED) is 0.385. The van der Waals surface area contributed by atoms with E-state index >= 15 is 0 Å². The third kappa shape index (κ3) is 3.78. The molecule has 0 aliphatic carbocycles. The van der Waals surface area contributed by atoms with E-state index < -0.39 is 5.97 Å². The molecule has 9 nitrogen and oxygen atoms in total. The zero-order valence-corrected chi connectivity index (χ0v) is 20.8. The Labute approximate surface area is 217 Å². The number of halogens is 2. The van der Waals surface area contributed by atoms with Crippen molar-refractivity contribution in [2.75, 3.05) is 0 Å². The van der Waals surface area contributed by atoms with Crippen LogP contribution in [0.2, 0.25) is 10.0 Å². The second-order valence-electron chi connectivity index (χ2n) is 8.43. The number of carboxylic acids is 1. The summed E-state index contributed by atoms with van der Waals surface area (Å²) < 4.78 is 3.22. The van der Waals surface area contributed by atoms with Gasteiger partial charge in [0.25, 0.3) is 5.56 Å². The van der Waals surface area contributed by atoms with Gasteiger partial charge in [-0.3, -0.25) is 9.79 Å². The average Bonchev–Trinajstić information content (AvgIpc) is 3.67. The molecule has 1 atom stereocenters. The Balaban J connectivity index is 1.35. The normalized spacial score (nSPS) is 16.7. The molecule has 0 saturated heterocycles. The Morgan fingerprint density at radius 3 is 2.75 bits per heavy atom. The van der Waals surface area contributed by atoms with Crippen molar-refractivity contribution in [3.05, 3.63) is 84.8 Å². The van der Waals surface area contributed by atoms with Crippen LogP contribution in [0.1, 0.15) is 39.1 Å². The average molecular weight is 539 g/mol. The zero-order valence-electron chi connectivity index (χ0n) is 18.4. The SMILES string of the molecule is O=C(O)c1ccc(C2=CN=C([C@@H]3CCc4cc(-c5cc(Cl)ccc5-n5cnnn5)c(Cl)c(=O)n43)C2)s1. The summed E-state index contributed by atoms with van der Waals surface area (Å²) in [5.74, 6) is -0.948. The van der Waals surface area contributed by atoms with Gasteiger partial charge in [-0.2, -0.15) is 4.68 Å². The van der Waals surface area contributed by atoms with Crippen LogP contribution >= 0.6 is 34.5 Å². The summed E-state index contributed by atoms with van der Waals surface area (Å²) in [6.45, 7) is 0. The Bertz CT molecular complexity index is 1650. The van der Waals surface area contributed by atoms with Crippen LogP contribution in [0.25, 0.3) is 22.4 Å². The predicted molar refractivity (Wildman–Crippen MR) is 138 cm³/mol. The number of hydrogen-bond acceptors (Lipinski definition) is 7. The highest BCUT2D eigenvalue weighted by atomic mass is 35.5. The third-order valence-corrected chi connectivity index (χ3v) is 8.12. The molecule has 5 heterocycles. The van der Waals surface area contributed by atoms with Gasteiger partial charge < -0.3 is 9.67 Å². The van der Waals surface area contributed by atoms with Crippen LogP contribution in [0.15, 0.2) is 58.7 Å². The zero-order chi connectivity index (χ0) is 25.0. The maximum absolute atomic E-state index is 13.6. The first kappa shape index (κ1) is 22.8. The van der Waals surface area contributed by atoms with Gasteiger partial charge in [0.05, 0.1) is 11.7 Å². The van der Waals surface area contributed by atoms with E-state index in [9.17, 15) is 14.7 Å². The molecule has 2 aliphatic heterocycles. The van der Waals surface area contributed by atoms with Gasteiger partial charge in [0.2, 0.25) is 0 Å². The highest BCUT2D eigenvalue weighted by Crippen LogP contribution is 2.39. The van der Waals surface area contributed by atoms with Crippen LogP contribution in [0.4, 0.5) is 0 Å². The first-order valence-electron chi connectivity index (χ1n) is 11.0. The summed E-state index contributed by atoms with van der Waals surface area (Å²) in [5.41, 5.74) is 4.22. The third-order valence-electron chi connectivity index (χ3n) is 6.37. The standard InChI is InChI=1S/C24H16Cl2N6O3S/c25-13-1-3-18(31-11-28-29-30-31)15(8-13)16-9-14-2-4-19(32(14)23(33)22(16)26)17-7-12(10-27-17)20-5-6-21(36-20)24(34)35/h1,3,5-6,8-11,19H,2,4,7H2,(H,34,35)/t19-/m0/s1. The van der Waals surface area contributed by atoms with E-state index in [0.717, 1.165) is 28.3 Å². The highest BCUT2D eigenvalue weighted by molar-refractivity contribution is 7.15. The number of nitrogens with zero attached hydrogens (tertiary/aromatic N) is 6. The van der Waals surface area contributed by atoms with Gasteiger partial charge in [0.15, 0.2) is 0 Å². The molecule has 180 valence electrons. The molecule has 1 aromatic carbocycles. The summed E-state index contributed by atoms with van der Waals surface area (Å²) in [4.78, 5) is 30.5. The van der Waals surface area contributed by atoms with Crippen molar-refractivity contribution in [2.45, 2.75) is 25.3 Å². The summed E-state index contributed by atoms with van der Waals surface area (Å²) in [5, 5.41) is 21.2. The molecule has 0 radical (unpaired) electrons. The molecule has 0 amide bonds. The summed E-state index contributed by atoms with van der Waals surface area (Å²) in [6, 6.07) is 10.3. The summed E-state index contributed by atoms with van der Waals surface area (Å²) in [7, 11) is 0. The van der Waals surface area contributed by atoms with Crippen LogP contribution in [-0.4, -0.2) is 41.6 Å². The predicted octanol–water partition coefficient (Wildman–Crippen LogP) is 4.93. The van der Waals surface area contributed by atoms with E-state index in [-0.39, 0.29) is 21.5 Å². The number of aryl methyl sites for hydroxylation is 1. The minimum absolute atomic E-state index is 0.0818. The number of thiophene rings is 1. The van der Waals surface area contributed by atoms with Crippen LogP contribution < -0.4 is 5.56 Å². The molecule has 1 N–H and O–H groups in total. The van der Waals surface area contributed by atoms with E-state index in [1.54, 1.807) is 41.1 Å². The Morgan fingerprint density at radius 1 is 1.14 bits per heavy atom. The second-order valence-corrected chi connectivity index (χ2v) is 10.3. The number of benzene rings is 1. The lowest BCUT2D eigenvalue weighted by Gasteiger charge is -2.18. The largest absolute Gasteiger partial charge is 0.477 e. The van der Waals surface area contributed by atoms with Crippen molar-refractivity contribution in [3.8, 4) is 16.8 Å². The topological polar surface area (TPSA) is 115 Å². The molecule has 2 aliphatic rings. The first-order chi connectivity index (χ1) is 17.4. The molecule has 0 unspecified atom stereocenters. The minimum Gasteiger partial charge on any atom is -0.477 e. The lowest BCUT2D eigenvalue weighted by Crippen LogP contribution is -2.28. The molecule has 12 heteroatoms. The highest BCUT2D eigenvalue weighted by Gasteiger charge is 2.32. The lowest BCUT2D eigenvalue weighted by molar-refractivity contribution is 0.0702. The number of aromatic nitrogens is 5. The van der Waals surface area contributed by atoms with Crippen molar-refractivity contribution >= 4 is 51.8 Å². The van der Waals surface area contributed by atoms with Crippen molar-refractivity contribution in [1.82, 2.24) is 24.8 Å². The number of aromatic carboxylic acids is 1. The van der Waals surface area contributed by atoms with Crippen molar-refractivity contribution in [3.63, 3.8) is 0 Å². The van der Waals surface area contributed by atoms with E-state index in [1.165, 1.54) is 22.3 Å². The molecule has 36 heavy (non-hydrogen) atoms. The molecular formula is C24H16Cl2N6O3S. The Kier molecular flexibility index (Phi) is 5.59. The number of fused-ring (bicyclic) bond motifs is 1. The fourth-order valence-electron chi connectivity index (χ4n) is 4.73. The summed E-state index contributed by atoms with van der Waals surface area (Å²) in [6.07, 6.45) is 5.17. The van der Waals surface area contributed by atoms with E-state index in [0.29, 0.717) is 34.7 Å². The van der Waals surface area contributed by atoms with Crippen molar-refractivity contribution in [1.29, 1.82) is 0 Å². The Morgan fingerprint density at radius 2 is 2.00 bits per heavy atom. The van der Waals surface area contributed by atoms with Crippen molar-refractivity contribution < 1.29 is 9.90 Å². The van der Waals surface area contributed by atoms with Crippen LogP contribution in [0.5, 0.6) is 0 Å². The van der Waals surface area contributed by atoms with E-state index in [1.807, 2.05) is 6.07 Å². The molecule has 0 saturated carbocycles. The van der Waals surface area contributed by atoms with Gasteiger partial charge in [-0.25, -0.2) is 4.79 Å². The van der Waals surface area contributed by atoms with Gasteiger partial charge in [-0.1, -0.05) is 23.2 Å². The number of hydrogen-bond donors (Lipinski definition) is 1. The molecule has 3 aromatic heterocycles. The number of aliphatic imine (C=N–C) groups is 1. The first-order valence-corrected chi connectivity index (χ1v) is 12.5. The van der Waals surface area contributed by atoms with Crippen LogP contribution in [0, 0.1) is 0 Å². The van der Waals surface area contributed by atoms with Gasteiger partial charge in [-0.05, 0) is 65.2 Å². The van der Waals surface area contributed by atoms with Crippen molar-refractivity contribution in [2.24, 2.45) is 4.99 Å². The number of carboxylic acid groups (broad SMARTS) is 1. The number of allylic oxidation sites excluding steroid dienone is 1. The smallest absolute Gasteiger partial charge is 0.345 e. The fraction of sp³-hybridized carbons (Fsp3) is 0.167. The number of pyridine rings is 1. The Hall–Kier alpha value is -3.60. The number of rotatable bonds is 5.